The molecule has 3 nitrogen and oxygen atoms in total. The van der Waals surface area contributed by atoms with Gasteiger partial charge in [-0.1, -0.05) is 24.3 Å². The minimum atomic E-state index is 0.117. The van der Waals surface area contributed by atoms with E-state index in [4.69, 9.17) is 15.6 Å². The van der Waals surface area contributed by atoms with Gasteiger partial charge in [-0.2, -0.15) is 0 Å². The third kappa shape index (κ3) is 3.34. The predicted molar refractivity (Wildman–Crippen MR) is 76.4 cm³/mol. The van der Waals surface area contributed by atoms with Crippen molar-refractivity contribution in [3.63, 3.8) is 0 Å². The third-order valence-electron chi connectivity index (χ3n) is 3.12. The molecule has 100 valence electrons. The van der Waals surface area contributed by atoms with Crippen LogP contribution in [0.4, 0.5) is 0 Å². The first-order valence-corrected chi connectivity index (χ1v) is 6.41. The summed E-state index contributed by atoms with van der Waals surface area (Å²) in [7, 11) is 0. The van der Waals surface area contributed by atoms with E-state index < -0.39 is 0 Å². The molecule has 2 aromatic carbocycles. The van der Waals surface area contributed by atoms with Crippen LogP contribution in [-0.2, 0) is 13.0 Å². The summed E-state index contributed by atoms with van der Waals surface area (Å²) >= 11 is 0. The van der Waals surface area contributed by atoms with Gasteiger partial charge in [0.05, 0.1) is 0 Å². The Morgan fingerprint density at radius 3 is 2.58 bits per heavy atom. The van der Waals surface area contributed by atoms with Gasteiger partial charge in [-0.3, -0.25) is 0 Å². The van der Waals surface area contributed by atoms with Crippen LogP contribution in [0.2, 0.25) is 0 Å². The van der Waals surface area contributed by atoms with Gasteiger partial charge in [-0.05, 0) is 48.2 Å². The molecule has 3 N–H and O–H groups in total. The number of benzene rings is 2. The molecule has 19 heavy (non-hydrogen) atoms. The van der Waals surface area contributed by atoms with E-state index in [0.29, 0.717) is 13.0 Å². The van der Waals surface area contributed by atoms with Gasteiger partial charge in [0, 0.05) is 13.2 Å². The molecule has 0 aliphatic heterocycles. The van der Waals surface area contributed by atoms with Crippen molar-refractivity contribution in [2.75, 3.05) is 6.61 Å². The summed E-state index contributed by atoms with van der Waals surface area (Å²) in [4.78, 5) is 0. The Labute approximate surface area is 113 Å². The Hall–Kier alpha value is -1.84. The summed E-state index contributed by atoms with van der Waals surface area (Å²) in [5.41, 5.74) is 8.90. The highest BCUT2D eigenvalue weighted by atomic mass is 16.5. The molecule has 0 spiro atoms. The summed E-state index contributed by atoms with van der Waals surface area (Å²) in [5.74, 6) is 1.58. The zero-order valence-corrected chi connectivity index (χ0v) is 11.1. The summed E-state index contributed by atoms with van der Waals surface area (Å²) in [6, 6.07) is 13.6. The van der Waals surface area contributed by atoms with Crippen LogP contribution >= 0.6 is 0 Å². The lowest BCUT2D eigenvalue weighted by Gasteiger charge is -2.12. The molecule has 2 aromatic rings. The summed E-state index contributed by atoms with van der Waals surface area (Å²) in [6.45, 7) is 2.67. The topological polar surface area (TPSA) is 55.5 Å². The molecule has 0 aliphatic carbocycles. The minimum Gasteiger partial charge on any atom is -0.457 e. The number of nitrogens with two attached hydrogens (primary N) is 1. The molecule has 0 saturated heterocycles. The second-order valence-electron chi connectivity index (χ2n) is 4.48. The molecule has 0 heterocycles. The Bertz CT molecular complexity index is 552. The van der Waals surface area contributed by atoms with E-state index in [1.54, 1.807) is 0 Å². The molecule has 0 saturated carbocycles. The zero-order valence-electron chi connectivity index (χ0n) is 11.1. The minimum absolute atomic E-state index is 0.117. The van der Waals surface area contributed by atoms with Crippen molar-refractivity contribution >= 4 is 0 Å². The smallest absolute Gasteiger partial charge is 0.130 e. The molecule has 0 bridgehead atoms. The average Bonchev–Trinajstić information content (AvgIpc) is 2.41. The highest BCUT2D eigenvalue weighted by Gasteiger charge is 2.05. The van der Waals surface area contributed by atoms with Crippen molar-refractivity contribution in [2.24, 2.45) is 5.73 Å². The second kappa shape index (κ2) is 6.36. The van der Waals surface area contributed by atoms with Crippen LogP contribution in [0.25, 0.3) is 0 Å². The first-order chi connectivity index (χ1) is 9.24. The monoisotopic (exact) mass is 257 g/mol. The standard InChI is InChI=1S/C16H19NO2/c1-12-10-15(7-6-14(12)11-17)19-16-5-3-2-4-13(16)8-9-18/h2-7,10,18H,8-9,11,17H2,1H3. The number of aliphatic hydroxyl groups excluding tert-OH is 1. The second-order valence-corrected chi connectivity index (χ2v) is 4.48. The lowest BCUT2D eigenvalue weighted by atomic mass is 10.1. The van der Waals surface area contributed by atoms with E-state index in [9.17, 15) is 0 Å². The fourth-order valence-corrected chi connectivity index (χ4v) is 2.02. The van der Waals surface area contributed by atoms with Crippen molar-refractivity contribution in [1.82, 2.24) is 0 Å². The van der Waals surface area contributed by atoms with E-state index in [-0.39, 0.29) is 6.61 Å². The quantitative estimate of drug-likeness (QED) is 0.866. The van der Waals surface area contributed by atoms with E-state index in [1.807, 2.05) is 49.4 Å². The Morgan fingerprint density at radius 2 is 1.89 bits per heavy atom. The number of hydrogen-bond donors (Lipinski definition) is 2. The van der Waals surface area contributed by atoms with Crippen LogP contribution in [0.5, 0.6) is 11.5 Å². The van der Waals surface area contributed by atoms with Gasteiger partial charge in [0.1, 0.15) is 11.5 Å². The molecule has 2 rings (SSSR count). The predicted octanol–water partition coefficient (Wildman–Crippen LogP) is 2.78. The van der Waals surface area contributed by atoms with Crippen LogP contribution in [0, 0.1) is 6.92 Å². The number of hydrogen-bond acceptors (Lipinski definition) is 3. The highest BCUT2D eigenvalue weighted by Crippen LogP contribution is 2.27. The van der Waals surface area contributed by atoms with Gasteiger partial charge in [0.15, 0.2) is 0 Å². The third-order valence-corrected chi connectivity index (χ3v) is 3.12. The zero-order chi connectivity index (χ0) is 13.7. The summed E-state index contributed by atoms with van der Waals surface area (Å²) in [5, 5.41) is 9.05. The van der Waals surface area contributed by atoms with Crippen LogP contribution < -0.4 is 10.5 Å². The number of aliphatic hydroxyl groups is 1. The molecular formula is C16H19NO2. The van der Waals surface area contributed by atoms with Gasteiger partial charge >= 0.3 is 0 Å². The molecule has 0 radical (unpaired) electrons. The summed E-state index contributed by atoms with van der Waals surface area (Å²) in [6.07, 6.45) is 0.593. The molecule has 0 unspecified atom stereocenters. The molecule has 3 heteroatoms. The maximum absolute atomic E-state index is 9.05. The fourth-order valence-electron chi connectivity index (χ4n) is 2.02. The van der Waals surface area contributed by atoms with Crippen molar-refractivity contribution in [3.05, 3.63) is 59.2 Å². The Balaban J connectivity index is 2.23. The first-order valence-electron chi connectivity index (χ1n) is 6.41. The molecule has 0 fully saturated rings. The average molecular weight is 257 g/mol. The molecule has 0 aliphatic rings. The van der Waals surface area contributed by atoms with E-state index >= 15 is 0 Å². The van der Waals surface area contributed by atoms with Crippen molar-refractivity contribution in [2.45, 2.75) is 19.9 Å². The van der Waals surface area contributed by atoms with Crippen LogP contribution in [-0.4, -0.2) is 11.7 Å². The number of para-hydroxylation sites is 1. The van der Waals surface area contributed by atoms with Crippen LogP contribution in [0.1, 0.15) is 16.7 Å². The molecule has 0 aromatic heterocycles. The van der Waals surface area contributed by atoms with Gasteiger partial charge in [-0.25, -0.2) is 0 Å². The normalized spacial score (nSPS) is 10.5. The van der Waals surface area contributed by atoms with E-state index in [2.05, 4.69) is 0 Å². The van der Waals surface area contributed by atoms with Gasteiger partial charge in [-0.15, -0.1) is 0 Å². The van der Waals surface area contributed by atoms with Crippen molar-refractivity contribution in [1.29, 1.82) is 0 Å². The molecule has 0 amide bonds. The van der Waals surface area contributed by atoms with Gasteiger partial charge < -0.3 is 15.6 Å². The van der Waals surface area contributed by atoms with Crippen molar-refractivity contribution < 1.29 is 9.84 Å². The Morgan fingerprint density at radius 1 is 1.11 bits per heavy atom. The maximum atomic E-state index is 9.05. The lowest BCUT2D eigenvalue weighted by Crippen LogP contribution is -1.99. The van der Waals surface area contributed by atoms with Crippen LogP contribution in [0.3, 0.4) is 0 Å². The number of rotatable bonds is 5. The molecular weight excluding hydrogens is 238 g/mol. The largest absolute Gasteiger partial charge is 0.457 e. The van der Waals surface area contributed by atoms with E-state index in [1.165, 1.54) is 0 Å². The fraction of sp³-hybridized carbons (Fsp3) is 0.250. The van der Waals surface area contributed by atoms with E-state index in [0.717, 1.165) is 28.2 Å². The molecule has 0 atom stereocenters. The maximum Gasteiger partial charge on any atom is 0.130 e. The lowest BCUT2D eigenvalue weighted by molar-refractivity contribution is 0.298. The Kier molecular flexibility index (Phi) is 4.55. The highest BCUT2D eigenvalue weighted by molar-refractivity contribution is 5.41. The van der Waals surface area contributed by atoms with Crippen LogP contribution in [0.15, 0.2) is 42.5 Å². The summed E-state index contributed by atoms with van der Waals surface area (Å²) < 4.78 is 5.89. The SMILES string of the molecule is Cc1cc(Oc2ccccc2CCO)ccc1CN. The van der Waals surface area contributed by atoms with Gasteiger partial charge in [0.2, 0.25) is 0 Å². The van der Waals surface area contributed by atoms with Crippen molar-refractivity contribution in [3.8, 4) is 11.5 Å². The number of ether oxygens (including phenoxy) is 1. The first kappa shape index (κ1) is 13.6. The number of aryl methyl sites for hydroxylation is 1. The van der Waals surface area contributed by atoms with Gasteiger partial charge in [0.25, 0.3) is 0 Å².